The summed E-state index contributed by atoms with van der Waals surface area (Å²) < 4.78 is 0. The molecule has 5 aromatic rings. The van der Waals surface area contributed by atoms with E-state index >= 15 is 0 Å². The molecule has 2 N–H and O–H groups in total. The Kier molecular flexibility index (Phi) is 10.0. The van der Waals surface area contributed by atoms with Gasteiger partial charge in [-0.1, -0.05) is 54.6 Å². The second-order valence-corrected chi connectivity index (χ2v) is 13.6. The Morgan fingerprint density at radius 1 is 0.837 bits per heavy atom. The maximum atomic E-state index is 7.14. The van der Waals surface area contributed by atoms with Crippen molar-refractivity contribution in [2.45, 2.75) is 52.6 Å². The molecule has 2 aliphatic rings. The zero-order valence-corrected chi connectivity index (χ0v) is 29.2. The number of nitrogens with zero attached hydrogens (tertiary/aromatic N) is 5. The molecule has 49 heavy (non-hydrogen) atoms. The van der Waals surface area contributed by atoms with Gasteiger partial charge in [0.25, 0.3) is 0 Å². The first-order chi connectivity index (χ1) is 24.0. The van der Waals surface area contributed by atoms with E-state index in [1.54, 1.807) is 0 Å². The Labute approximate surface area is 294 Å². The van der Waals surface area contributed by atoms with E-state index in [0.717, 1.165) is 95.3 Å². The van der Waals surface area contributed by atoms with Gasteiger partial charge in [-0.2, -0.15) is 0 Å². The molecule has 2 aromatic carbocycles. The summed E-state index contributed by atoms with van der Waals surface area (Å²) in [5.41, 5.74) is 10.6. The van der Waals surface area contributed by atoms with Gasteiger partial charge in [0.15, 0.2) is 5.82 Å². The third-order valence-electron chi connectivity index (χ3n) is 9.63. The highest BCUT2D eigenvalue weighted by molar-refractivity contribution is 6.36. The fourth-order valence-corrected chi connectivity index (χ4v) is 7.38. The van der Waals surface area contributed by atoms with Crippen molar-refractivity contribution < 1.29 is 0 Å². The third-order valence-corrected chi connectivity index (χ3v) is 10.0. The molecule has 3 aromatic heterocycles. The fourth-order valence-electron chi connectivity index (χ4n) is 7.10. The molecule has 2 aliphatic heterocycles. The van der Waals surface area contributed by atoms with Gasteiger partial charge in [0.1, 0.15) is 5.52 Å². The average Bonchev–Trinajstić information content (AvgIpc) is 3.82. The van der Waals surface area contributed by atoms with Crippen molar-refractivity contribution in [1.29, 1.82) is 0 Å². The number of pyridine rings is 3. The molecule has 7 nitrogen and oxygen atoms in total. The predicted molar refractivity (Wildman–Crippen MR) is 205 cm³/mol. The summed E-state index contributed by atoms with van der Waals surface area (Å²) in [5, 5.41) is 8.76. The zero-order valence-electron chi connectivity index (χ0n) is 28.5. The van der Waals surface area contributed by atoms with Crippen LogP contribution in [0, 0.1) is 6.92 Å². The van der Waals surface area contributed by atoms with E-state index in [1.807, 2.05) is 55.9 Å². The predicted octanol–water partition coefficient (Wildman–Crippen LogP) is 9.70. The molecule has 2 fully saturated rings. The van der Waals surface area contributed by atoms with Gasteiger partial charge in [-0.25, -0.2) is 4.98 Å². The molecule has 5 heterocycles. The van der Waals surface area contributed by atoms with Crippen molar-refractivity contribution >= 4 is 51.5 Å². The van der Waals surface area contributed by atoms with E-state index < -0.39 is 0 Å². The minimum absolute atomic E-state index is 0.623. The maximum Gasteiger partial charge on any atom is 0.156 e. The summed E-state index contributed by atoms with van der Waals surface area (Å²) in [7, 11) is 0. The molecular formula is C41H44ClN7. The summed E-state index contributed by atoms with van der Waals surface area (Å²) in [6.07, 6.45) is 15.0. The first kappa shape index (κ1) is 33.0. The van der Waals surface area contributed by atoms with Gasteiger partial charge in [0.05, 0.1) is 22.1 Å². The number of nitrogens with one attached hydrogen (secondary N) is 2. The topological polar surface area (TPSA) is 69.2 Å². The zero-order chi connectivity index (χ0) is 33.7. The minimum Gasteiger partial charge on any atom is -0.353 e. The molecule has 0 spiro atoms. The van der Waals surface area contributed by atoms with E-state index in [2.05, 4.69) is 75.3 Å². The first-order valence-electron chi connectivity index (χ1n) is 17.4. The van der Waals surface area contributed by atoms with Crippen LogP contribution in [0.5, 0.6) is 0 Å². The number of halogens is 1. The smallest absolute Gasteiger partial charge is 0.156 e. The standard InChI is InChI=1S/C41H44ClN7/c1-4-11-32-22-30(26-48-18-5-6-19-48)24-44-39(32)29(3)46-37-15-10-13-35(38(37)42)34-12-9-14-36(28(34)2)47-41-40-33(16-17-43-41)23-31(25-45-40)27-49-20-7-8-21-49/h4,9-17,22-25,46H,3,5-8,18-21,26-27H2,1-2H3,(H,43,47)/b11-4-. The molecular weight excluding hydrogens is 626 g/mol. The Morgan fingerprint density at radius 2 is 1.49 bits per heavy atom. The lowest BCUT2D eigenvalue weighted by Gasteiger charge is -2.19. The third kappa shape index (κ3) is 7.39. The molecule has 0 saturated carbocycles. The summed E-state index contributed by atoms with van der Waals surface area (Å²) in [6, 6.07) is 18.8. The van der Waals surface area contributed by atoms with Crippen molar-refractivity contribution in [2.24, 2.45) is 0 Å². The van der Waals surface area contributed by atoms with E-state index in [4.69, 9.17) is 21.6 Å². The number of aromatic nitrogens is 3. The van der Waals surface area contributed by atoms with Crippen molar-refractivity contribution in [3.63, 3.8) is 0 Å². The van der Waals surface area contributed by atoms with Crippen LogP contribution in [-0.2, 0) is 13.1 Å². The lowest BCUT2D eigenvalue weighted by molar-refractivity contribution is 0.331. The quantitative estimate of drug-likeness (QED) is 0.145. The van der Waals surface area contributed by atoms with Gasteiger partial charge in [0, 0.05) is 53.9 Å². The van der Waals surface area contributed by atoms with E-state index in [9.17, 15) is 0 Å². The highest BCUT2D eigenvalue weighted by Crippen LogP contribution is 2.39. The Morgan fingerprint density at radius 3 is 2.20 bits per heavy atom. The summed E-state index contributed by atoms with van der Waals surface area (Å²) in [6.45, 7) is 15.0. The summed E-state index contributed by atoms with van der Waals surface area (Å²) in [5.74, 6) is 0.735. The van der Waals surface area contributed by atoms with E-state index in [1.165, 1.54) is 36.8 Å². The van der Waals surface area contributed by atoms with E-state index in [0.29, 0.717) is 10.7 Å². The molecule has 0 radical (unpaired) electrons. The maximum absolute atomic E-state index is 7.14. The van der Waals surface area contributed by atoms with Crippen LogP contribution >= 0.6 is 11.6 Å². The van der Waals surface area contributed by atoms with Crippen LogP contribution in [0.1, 0.15) is 60.6 Å². The molecule has 2 saturated heterocycles. The van der Waals surface area contributed by atoms with Crippen molar-refractivity contribution in [3.05, 3.63) is 119 Å². The van der Waals surface area contributed by atoms with Crippen molar-refractivity contribution in [3.8, 4) is 11.1 Å². The molecule has 0 aliphatic carbocycles. The van der Waals surface area contributed by atoms with Crippen LogP contribution < -0.4 is 10.6 Å². The van der Waals surface area contributed by atoms with E-state index in [-0.39, 0.29) is 0 Å². The van der Waals surface area contributed by atoms with Crippen LogP contribution in [0.25, 0.3) is 33.8 Å². The average molecular weight is 670 g/mol. The Hall–Kier alpha value is -4.56. The van der Waals surface area contributed by atoms with Crippen LogP contribution in [0.15, 0.2) is 85.8 Å². The van der Waals surface area contributed by atoms with Crippen LogP contribution in [0.4, 0.5) is 17.2 Å². The van der Waals surface area contributed by atoms with Crippen molar-refractivity contribution in [1.82, 2.24) is 24.8 Å². The number of rotatable bonds is 11. The van der Waals surface area contributed by atoms with Crippen molar-refractivity contribution in [2.75, 3.05) is 36.8 Å². The molecule has 250 valence electrons. The normalized spacial score (nSPS) is 15.4. The number of allylic oxidation sites excluding steroid dienone is 1. The highest BCUT2D eigenvalue weighted by Gasteiger charge is 2.18. The number of anilines is 3. The van der Waals surface area contributed by atoms with Gasteiger partial charge in [0.2, 0.25) is 0 Å². The lowest BCUT2D eigenvalue weighted by atomic mass is 9.98. The monoisotopic (exact) mass is 669 g/mol. The lowest BCUT2D eigenvalue weighted by Crippen LogP contribution is -2.18. The van der Waals surface area contributed by atoms with Gasteiger partial charge in [-0.15, -0.1) is 0 Å². The van der Waals surface area contributed by atoms with Gasteiger partial charge < -0.3 is 10.6 Å². The second kappa shape index (κ2) is 14.9. The summed E-state index contributed by atoms with van der Waals surface area (Å²) >= 11 is 7.14. The second-order valence-electron chi connectivity index (χ2n) is 13.2. The Bertz CT molecular complexity index is 2010. The number of hydrogen-bond donors (Lipinski definition) is 2. The van der Waals surface area contributed by atoms with Crippen LogP contribution in [0.3, 0.4) is 0 Å². The molecule has 0 amide bonds. The first-order valence-corrected chi connectivity index (χ1v) is 17.8. The Balaban J connectivity index is 1.12. The molecule has 0 unspecified atom stereocenters. The van der Waals surface area contributed by atoms with Gasteiger partial charge in [-0.3, -0.25) is 19.8 Å². The number of benzene rings is 2. The molecule has 8 heteroatoms. The van der Waals surface area contributed by atoms with Crippen LogP contribution in [0.2, 0.25) is 5.02 Å². The van der Waals surface area contributed by atoms with Gasteiger partial charge in [-0.05, 0) is 118 Å². The number of likely N-dealkylation sites (tertiary alicyclic amines) is 2. The SMILES string of the molecule is C=C(Nc1cccc(-c2cccc(Nc3nccc4cc(CN5CCCC5)cnc34)c2C)c1Cl)c1ncc(CN2CCCC2)cc1/C=C\C. The fraction of sp³-hybridized carbons (Fsp3) is 0.293. The molecule has 0 atom stereocenters. The molecule has 0 bridgehead atoms. The minimum atomic E-state index is 0.623. The van der Waals surface area contributed by atoms with Crippen LogP contribution in [-0.4, -0.2) is 50.9 Å². The summed E-state index contributed by atoms with van der Waals surface area (Å²) in [4.78, 5) is 19.4. The largest absolute Gasteiger partial charge is 0.353 e. The highest BCUT2D eigenvalue weighted by atomic mass is 35.5. The number of hydrogen-bond acceptors (Lipinski definition) is 7. The van der Waals surface area contributed by atoms with Gasteiger partial charge >= 0.3 is 0 Å². The number of fused-ring (bicyclic) bond motifs is 1. The molecule has 7 rings (SSSR count).